The number of fused-ring (bicyclic) bond motifs is 1. The highest BCUT2D eigenvalue weighted by Gasteiger charge is 2.31. The number of aromatic nitrogens is 1. The molecule has 0 fully saturated rings. The molecule has 1 heterocycles. The van der Waals surface area contributed by atoms with Gasteiger partial charge in [-0.05, 0) is 12.1 Å². The van der Waals surface area contributed by atoms with Crippen LogP contribution in [-0.2, 0) is 13.0 Å². The molecule has 1 aromatic heterocycles. The van der Waals surface area contributed by atoms with Gasteiger partial charge in [0.2, 0.25) is 0 Å². The topological polar surface area (TPSA) is 55.4 Å². The number of oxazole rings is 1. The second-order valence-electron chi connectivity index (χ2n) is 3.47. The quantitative estimate of drug-likeness (QED) is 0.842. The highest BCUT2D eigenvalue weighted by Crippen LogP contribution is 2.29. The van der Waals surface area contributed by atoms with E-state index < -0.39 is 18.3 Å². The molecule has 0 aliphatic heterocycles. The fourth-order valence-electron chi connectivity index (χ4n) is 1.45. The van der Waals surface area contributed by atoms with E-state index in [1.165, 1.54) is 17.7 Å². The van der Waals surface area contributed by atoms with Crippen molar-refractivity contribution in [2.45, 2.75) is 5.92 Å². The van der Waals surface area contributed by atoms with Gasteiger partial charge in [-0.15, -0.1) is 0 Å². The Morgan fingerprint density at radius 3 is 2.81 bits per heavy atom. The molecule has 2 aromatic rings. The van der Waals surface area contributed by atoms with Gasteiger partial charge in [0.1, 0.15) is 6.61 Å². The standard InChI is InChI=1S/C10H9F2NO3/c1-13-7-3-2-6(10(11,12)5-14)4-8(7)16-9(13)15/h2-4,14H,5H2,1H3. The third-order valence-electron chi connectivity index (χ3n) is 2.41. The van der Waals surface area contributed by atoms with Crippen LogP contribution in [-0.4, -0.2) is 16.3 Å². The summed E-state index contributed by atoms with van der Waals surface area (Å²) in [5.41, 5.74) is 0.137. The Morgan fingerprint density at radius 1 is 1.50 bits per heavy atom. The van der Waals surface area contributed by atoms with Crippen LogP contribution in [0, 0.1) is 0 Å². The molecule has 0 unspecified atom stereocenters. The van der Waals surface area contributed by atoms with Crippen molar-refractivity contribution < 1.29 is 18.3 Å². The second-order valence-corrected chi connectivity index (χ2v) is 3.47. The van der Waals surface area contributed by atoms with Crippen LogP contribution in [0.25, 0.3) is 11.1 Å². The Morgan fingerprint density at radius 2 is 2.19 bits per heavy atom. The minimum absolute atomic E-state index is 0.0816. The molecule has 0 atom stereocenters. The van der Waals surface area contributed by atoms with E-state index in [1.807, 2.05) is 0 Å². The fraction of sp³-hybridized carbons (Fsp3) is 0.300. The molecular formula is C10H9F2NO3. The molecule has 0 amide bonds. The fourth-order valence-corrected chi connectivity index (χ4v) is 1.45. The Labute approximate surface area is 88.7 Å². The van der Waals surface area contributed by atoms with Crippen LogP contribution >= 0.6 is 0 Å². The van der Waals surface area contributed by atoms with E-state index in [9.17, 15) is 13.6 Å². The van der Waals surface area contributed by atoms with E-state index >= 15 is 0 Å². The van der Waals surface area contributed by atoms with E-state index in [-0.39, 0.29) is 11.1 Å². The first-order valence-electron chi connectivity index (χ1n) is 4.54. The summed E-state index contributed by atoms with van der Waals surface area (Å²) in [6.45, 7) is -1.28. The summed E-state index contributed by atoms with van der Waals surface area (Å²) in [6.07, 6.45) is 0. The van der Waals surface area contributed by atoms with Crippen LogP contribution in [0.4, 0.5) is 8.78 Å². The van der Waals surface area contributed by atoms with E-state index in [1.54, 1.807) is 0 Å². The molecule has 1 N–H and O–H groups in total. The summed E-state index contributed by atoms with van der Waals surface area (Å²) in [5, 5.41) is 8.53. The highest BCUT2D eigenvalue weighted by molar-refractivity contribution is 5.73. The molecule has 86 valence electrons. The monoisotopic (exact) mass is 229 g/mol. The third-order valence-corrected chi connectivity index (χ3v) is 2.41. The largest absolute Gasteiger partial charge is 0.419 e. The number of benzene rings is 1. The van der Waals surface area contributed by atoms with E-state index in [0.29, 0.717) is 5.52 Å². The van der Waals surface area contributed by atoms with Crippen LogP contribution in [0.3, 0.4) is 0 Å². The molecule has 0 saturated heterocycles. The number of halogens is 2. The number of aryl methyl sites for hydroxylation is 1. The van der Waals surface area contributed by atoms with Gasteiger partial charge in [-0.3, -0.25) is 4.57 Å². The van der Waals surface area contributed by atoms with Crippen LogP contribution < -0.4 is 5.76 Å². The number of aliphatic hydroxyl groups is 1. The van der Waals surface area contributed by atoms with Crippen LogP contribution in [0.15, 0.2) is 27.4 Å². The molecule has 16 heavy (non-hydrogen) atoms. The smallest absolute Gasteiger partial charge is 0.408 e. The van der Waals surface area contributed by atoms with Crippen molar-refractivity contribution in [3.63, 3.8) is 0 Å². The highest BCUT2D eigenvalue weighted by atomic mass is 19.3. The number of rotatable bonds is 2. The Balaban J connectivity index is 2.66. The van der Waals surface area contributed by atoms with Gasteiger partial charge < -0.3 is 9.52 Å². The first-order valence-corrected chi connectivity index (χ1v) is 4.54. The molecule has 0 spiro atoms. The summed E-state index contributed by atoms with van der Waals surface area (Å²) < 4.78 is 32.3. The molecule has 0 aliphatic rings. The zero-order valence-corrected chi connectivity index (χ0v) is 8.41. The Kier molecular flexibility index (Phi) is 2.31. The number of alkyl halides is 2. The lowest BCUT2D eigenvalue weighted by Gasteiger charge is -2.12. The van der Waals surface area contributed by atoms with E-state index in [4.69, 9.17) is 9.52 Å². The van der Waals surface area contributed by atoms with Crippen molar-refractivity contribution in [1.82, 2.24) is 4.57 Å². The summed E-state index contributed by atoms with van der Waals surface area (Å²) >= 11 is 0. The zero-order chi connectivity index (χ0) is 11.9. The predicted octanol–water partition coefficient (Wildman–Crippen LogP) is 1.22. The zero-order valence-electron chi connectivity index (χ0n) is 8.41. The number of hydrogen-bond acceptors (Lipinski definition) is 3. The number of hydrogen-bond donors (Lipinski definition) is 1. The van der Waals surface area contributed by atoms with Gasteiger partial charge >= 0.3 is 5.76 Å². The van der Waals surface area contributed by atoms with Crippen LogP contribution in [0.2, 0.25) is 0 Å². The maximum absolute atomic E-state index is 13.1. The van der Waals surface area contributed by atoms with Gasteiger partial charge in [-0.25, -0.2) is 4.79 Å². The molecule has 2 rings (SSSR count). The van der Waals surface area contributed by atoms with Crippen LogP contribution in [0.1, 0.15) is 5.56 Å². The second kappa shape index (κ2) is 3.41. The third kappa shape index (κ3) is 1.51. The van der Waals surface area contributed by atoms with Crippen molar-refractivity contribution in [3.05, 3.63) is 34.3 Å². The normalized spacial score (nSPS) is 12.2. The predicted molar refractivity (Wildman–Crippen MR) is 52.4 cm³/mol. The lowest BCUT2D eigenvalue weighted by Crippen LogP contribution is -2.18. The molecule has 4 nitrogen and oxygen atoms in total. The van der Waals surface area contributed by atoms with Gasteiger partial charge in [0.15, 0.2) is 5.58 Å². The molecule has 0 saturated carbocycles. The summed E-state index contributed by atoms with van der Waals surface area (Å²) in [5.74, 6) is -3.94. The van der Waals surface area contributed by atoms with Crippen molar-refractivity contribution in [2.24, 2.45) is 7.05 Å². The van der Waals surface area contributed by atoms with Gasteiger partial charge in [-0.1, -0.05) is 6.07 Å². The van der Waals surface area contributed by atoms with Gasteiger partial charge in [-0.2, -0.15) is 8.78 Å². The SMILES string of the molecule is Cn1c(=O)oc2cc(C(F)(F)CO)ccc21. The summed E-state index contributed by atoms with van der Waals surface area (Å²) in [6, 6.07) is 3.58. The minimum Gasteiger partial charge on any atom is -0.408 e. The van der Waals surface area contributed by atoms with Crippen molar-refractivity contribution in [3.8, 4) is 0 Å². The van der Waals surface area contributed by atoms with Crippen LogP contribution in [0.5, 0.6) is 0 Å². The molecule has 1 aromatic carbocycles. The minimum atomic E-state index is -3.33. The average Bonchev–Trinajstić information content (AvgIpc) is 2.54. The molecule has 0 radical (unpaired) electrons. The molecule has 0 bridgehead atoms. The van der Waals surface area contributed by atoms with E-state index in [2.05, 4.69) is 0 Å². The average molecular weight is 229 g/mol. The van der Waals surface area contributed by atoms with Crippen molar-refractivity contribution in [1.29, 1.82) is 0 Å². The number of aliphatic hydroxyl groups excluding tert-OH is 1. The lowest BCUT2D eigenvalue weighted by atomic mass is 10.1. The molecule has 0 aliphatic carbocycles. The van der Waals surface area contributed by atoms with Gasteiger partial charge in [0.05, 0.1) is 5.52 Å². The number of nitrogens with zero attached hydrogens (tertiary/aromatic N) is 1. The van der Waals surface area contributed by atoms with Gasteiger partial charge in [0, 0.05) is 12.6 Å². The molecular weight excluding hydrogens is 220 g/mol. The molecule has 6 heteroatoms. The van der Waals surface area contributed by atoms with Crippen molar-refractivity contribution >= 4 is 11.1 Å². The summed E-state index contributed by atoms with van der Waals surface area (Å²) in [4.78, 5) is 11.1. The van der Waals surface area contributed by atoms with Crippen molar-refractivity contribution in [2.75, 3.05) is 6.61 Å². The lowest BCUT2D eigenvalue weighted by molar-refractivity contribution is -0.0555. The maximum atomic E-state index is 13.1. The van der Waals surface area contributed by atoms with Gasteiger partial charge in [0.25, 0.3) is 5.92 Å². The Hall–Kier alpha value is -1.69. The maximum Gasteiger partial charge on any atom is 0.419 e. The Bertz CT molecular complexity index is 585. The first kappa shape index (κ1) is 10.8. The summed E-state index contributed by atoms with van der Waals surface area (Å²) in [7, 11) is 1.48. The van der Waals surface area contributed by atoms with E-state index in [0.717, 1.165) is 12.1 Å². The first-order chi connectivity index (χ1) is 7.45.